The fourth-order valence-corrected chi connectivity index (χ4v) is 2.21. The lowest BCUT2D eigenvalue weighted by atomic mass is 10.3. The van der Waals surface area contributed by atoms with E-state index in [2.05, 4.69) is 49.6 Å². The molecule has 2 heterocycles. The Labute approximate surface area is 96.7 Å². The molecule has 0 atom stereocenters. The second-order valence-corrected chi connectivity index (χ2v) is 4.46. The quantitative estimate of drug-likeness (QED) is 0.687. The third-order valence-corrected chi connectivity index (χ3v) is 2.78. The van der Waals surface area contributed by atoms with E-state index in [1.165, 1.54) is 0 Å². The SMILES string of the molecule is N#Cc1cc(I)c2nc(Br)cn2c1. The van der Waals surface area contributed by atoms with Gasteiger partial charge in [-0.1, -0.05) is 0 Å². The highest BCUT2D eigenvalue weighted by molar-refractivity contribution is 14.1. The zero-order valence-electron chi connectivity index (χ0n) is 6.33. The van der Waals surface area contributed by atoms with Gasteiger partial charge in [0, 0.05) is 12.4 Å². The van der Waals surface area contributed by atoms with Crippen molar-refractivity contribution < 1.29 is 0 Å². The van der Waals surface area contributed by atoms with Gasteiger partial charge in [-0.2, -0.15) is 5.26 Å². The maximum atomic E-state index is 8.73. The Balaban J connectivity index is 2.85. The topological polar surface area (TPSA) is 41.1 Å². The Morgan fingerprint density at radius 1 is 1.54 bits per heavy atom. The van der Waals surface area contributed by atoms with Crippen molar-refractivity contribution in [2.75, 3.05) is 0 Å². The van der Waals surface area contributed by atoms with Crippen molar-refractivity contribution in [2.24, 2.45) is 0 Å². The maximum Gasteiger partial charge on any atom is 0.151 e. The first-order valence-corrected chi connectivity index (χ1v) is 5.32. The molecule has 0 spiro atoms. The first-order chi connectivity index (χ1) is 6.20. The fourth-order valence-electron chi connectivity index (χ4n) is 1.09. The van der Waals surface area contributed by atoms with E-state index in [1.54, 1.807) is 6.20 Å². The van der Waals surface area contributed by atoms with Crippen molar-refractivity contribution in [2.45, 2.75) is 0 Å². The summed E-state index contributed by atoms with van der Waals surface area (Å²) in [7, 11) is 0. The second kappa shape index (κ2) is 3.27. The van der Waals surface area contributed by atoms with E-state index in [0.717, 1.165) is 13.8 Å². The number of rotatable bonds is 0. The Bertz CT molecular complexity index is 512. The smallest absolute Gasteiger partial charge is 0.151 e. The molecule has 0 radical (unpaired) electrons. The van der Waals surface area contributed by atoms with Gasteiger partial charge in [0.15, 0.2) is 5.65 Å². The fraction of sp³-hybridized carbons (Fsp3) is 0. The lowest BCUT2D eigenvalue weighted by molar-refractivity contribution is 1.16. The molecule has 2 aromatic heterocycles. The monoisotopic (exact) mass is 347 g/mol. The van der Waals surface area contributed by atoms with Gasteiger partial charge in [-0.15, -0.1) is 0 Å². The van der Waals surface area contributed by atoms with Crippen molar-refractivity contribution >= 4 is 44.2 Å². The molecule has 5 heteroatoms. The summed E-state index contributed by atoms with van der Waals surface area (Å²) in [6.07, 6.45) is 3.59. The summed E-state index contributed by atoms with van der Waals surface area (Å²) in [6.45, 7) is 0. The summed E-state index contributed by atoms with van der Waals surface area (Å²) >= 11 is 5.45. The molecule has 2 aromatic rings. The molecule has 0 bridgehead atoms. The molecule has 0 fully saturated rings. The van der Waals surface area contributed by atoms with Crippen molar-refractivity contribution in [3.05, 3.63) is 32.2 Å². The van der Waals surface area contributed by atoms with E-state index < -0.39 is 0 Å². The molecule has 13 heavy (non-hydrogen) atoms. The first kappa shape index (κ1) is 8.97. The third kappa shape index (κ3) is 1.56. The number of imidazole rings is 1. The van der Waals surface area contributed by atoms with Crippen LogP contribution in [0.2, 0.25) is 0 Å². The molecule has 0 aliphatic rings. The Morgan fingerprint density at radius 3 is 3.00 bits per heavy atom. The summed E-state index contributed by atoms with van der Waals surface area (Å²) in [4.78, 5) is 4.25. The largest absolute Gasteiger partial charge is 0.304 e. The van der Waals surface area contributed by atoms with E-state index in [-0.39, 0.29) is 0 Å². The van der Waals surface area contributed by atoms with Crippen molar-refractivity contribution in [1.82, 2.24) is 9.38 Å². The number of nitrogens with zero attached hydrogens (tertiary/aromatic N) is 3. The molecule has 0 saturated heterocycles. The number of nitriles is 1. The van der Waals surface area contributed by atoms with Crippen LogP contribution in [0.1, 0.15) is 5.56 Å². The molecule has 3 nitrogen and oxygen atoms in total. The molecule has 0 aliphatic heterocycles. The van der Waals surface area contributed by atoms with Crippen LogP contribution in [0.25, 0.3) is 5.65 Å². The van der Waals surface area contributed by atoms with E-state index in [0.29, 0.717) is 5.56 Å². The average molecular weight is 348 g/mol. The highest BCUT2D eigenvalue weighted by Crippen LogP contribution is 2.17. The Hall–Kier alpha value is -0.610. The predicted octanol–water partition coefficient (Wildman–Crippen LogP) is 2.57. The lowest BCUT2D eigenvalue weighted by Gasteiger charge is -1.96. The summed E-state index contributed by atoms with van der Waals surface area (Å²) in [5, 5.41) is 8.73. The summed E-state index contributed by atoms with van der Waals surface area (Å²) in [5.41, 5.74) is 1.51. The molecule has 2 rings (SSSR count). The van der Waals surface area contributed by atoms with E-state index >= 15 is 0 Å². The van der Waals surface area contributed by atoms with Crippen LogP contribution in [-0.4, -0.2) is 9.38 Å². The van der Waals surface area contributed by atoms with Crippen molar-refractivity contribution in [1.29, 1.82) is 5.26 Å². The second-order valence-electron chi connectivity index (χ2n) is 2.48. The molecule has 0 amide bonds. The van der Waals surface area contributed by atoms with E-state index in [1.807, 2.05) is 16.7 Å². The molecule has 0 aliphatic carbocycles. The van der Waals surface area contributed by atoms with Crippen LogP contribution in [0.3, 0.4) is 0 Å². The van der Waals surface area contributed by atoms with Crippen LogP contribution in [0.5, 0.6) is 0 Å². The first-order valence-electron chi connectivity index (χ1n) is 3.44. The van der Waals surface area contributed by atoms with Gasteiger partial charge in [-0.3, -0.25) is 0 Å². The van der Waals surface area contributed by atoms with Gasteiger partial charge in [-0.25, -0.2) is 4.98 Å². The number of halogens is 2. The Morgan fingerprint density at radius 2 is 2.31 bits per heavy atom. The summed E-state index contributed by atoms with van der Waals surface area (Å²) < 4.78 is 3.59. The zero-order valence-corrected chi connectivity index (χ0v) is 10.1. The van der Waals surface area contributed by atoms with Crippen LogP contribution < -0.4 is 0 Å². The van der Waals surface area contributed by atoms with Crippen LogP contribution >= 0.6 is 38.5 Å². The van der Waals surface area contributed by atoms with Gasteiger partial charge in [0.05, 0.1) is 9.13 Å². The number of pyridine rings is 1. The molecule has 0 saturated carbocycles. The molecule has 0 aromatic carbocycles. The number of fused-ring (bicyclic) bond motifs is 1. The number of hydrogen-bond donors (Lipinski definition) is 0. The van der Waals surface area contributed by atoms with E-state index in [4.69, 9.17) is 5.26 Å². The van der Waals surface area contributed by atoms with Crippen LogP contribution in [-0.2, 0) is 0 Å². The van der Waals surface area contributed by atoms with Gasteiger partial charge in [0.2, 0.25) is 0 Å². The molecule has 0 N–H and O–H groups in total. The minimum Gasteiger partial charge on any atom is -0.304 e. The average Bonchev–Trinajstić information content (AvgIpc) is 2.46. The highest BCUT2D eigenvalue weighted by atomic mass is 127. The van der Waals surface area contributed by atoms with Gasteiger partial charge in [-0.05, 0) is 44.6 Å². The van der Waals surface area contributed by atoms with Crippen LogP contribution in [0.4, 0.5) is 0 Å². The number of aromatic nitrogens is 2. The summed E-state index contributed by atoms with van der Waals surface area (Å²) in [6, 6.07) is 3.92. The van der Waals surface area contributed by atoms with Gasteiger partial charge in [0.25, 0.3) is 0 Å². The van der Waals surface area contributed by atoms with Crippen molar-refractivity contribution in [3.8, 4) is 6.07 Å². The number of hydrogen-bond acceptors (Lipinski definition) is 2. The Kier molecular flexibility index (Phi) is 2.26. The zero-order chi connectivity index (χ0) is 9.42. The lowest BCUT2D eigenvalue weighted by Crippen LogP contribution is -1.88. The summed E-state index contributed by atoms with van der Waals surface area (Å²) in [5.74, 6) is 0. The third-order valence-electron chi connectivity index (χ3n) is 1.61. The maximum absolute atomic E-state index is 8.73. The molecule has 64 valence electrons. The molecular weight excluding hydrogens is 345 g/mol. The van der Waals surface area contributed by atoms with Gasteiger partial charge in [0.1, 0.15) is 10.7 Å². The van der Waals surface area contributed by atoms with Gasteiger partial charge >= 0.3 is 0 Å². The molecule has 0 unspecified atom stereocenters. The molecular formula is C8H3BrIN3. The van der Waals surface area contributed by atoms with Gasteiger partial charge < -0.3 is 4.40 Å². The predicted molar refractivity (Wildman–Crippen MR) is 60.3 cm³/mol. The normalized spacial score (nSPS) is 10.2. The minimum atomic E-state index is 0.641. The van der Waals surface area contributed by atoms with Crippen molar-refractivity contribution in [3.63, 3.8) is 0 Å². The van der Waals surface area contributed by atoms with E-state index in [9.17, 15) is 0 Å². The van der Waals surface area contributed by atoms with Crippen LogP contribution in [0.15, 0.2) is 23.1 Å². The van der Waals surface area contributed by atoms with Crippen LogP contribution in [0, 0.1) is 14.9 Å². The standard InChI is InChI=1S/C8H3BrIN3/c9-7-4-13-3-5(2-11)1-6(10)8(13)12-7/h1,3-4H. The minimum absolute atomic E-state index is 0.641. The highest BCUT2D eigenvalue weighted by Gasteiger charge is 2.04.